The molecular formula is C29H29N3O3. The molecule has 0 saturated heterocycles. The number of hydrogen-bond donors (Lipinski definition) is 1. The number of rotatable bonds is 9. The van der Waals surface area contributed by atoms with Crippen molar-refractivity contribution in [3.8, 4) is 28.4 Å². The summed E-state index contributed by atoms with van der Waals surface area (Å²) < 4.78 is 13.4. The smallest absolute Gasteiger partial charge is 0.271 e. The predicted molar refractivity (Wildman–Crippen MR) is 140 cm³/mol. The SMILES string of the molecule is CCOc1ccc(/C=N/NC(=O)c2ccc(-n3c(C)ccc3-c3ccccc3)cc2)c(OCC)c1. The summed E-state index contributed by atoms with van der Waals surface area (Å²) in [5.74, 6) is 1.09. The molecule has 3 aromatic carbocycles. The molecule has 0 aliphatic carbocycles. The first kappa shape index (κ1) is 23.8. The fourth-order valence-electron chi connectivity index (χ4n) is 3.86. The van der Waals surface area contributed by atoms with Crippen LogP contribution >= 0.6 is 0 Å². The van der Waals surface area contributed by atoms with Crippen LogP contribution in [0.15, 0.2) is 90.0 Å². The van der Waals surface area contributed by atoms with Gasteiger partial charge in [-0.25, -0.2) is 5.43 Å². The molecule has 1 N–H and O–H groups in total. The molecule has 0 atom stereocenters. The van der Waals surface area contributed by atoms with Crippen molar-refractivity contribution in [3.05, 3.63) is 102 Å². The van der Waals surface area contributed by atoms with Crippen molar-refractivity contribution in [1.82, 2.24) is 9.99 Å². The lowest BCUT2D eigenvalue weighted by Gasteiger charge is -2.13. The van der Waals surface area contributed by atoms with E-state index in [9.17, 15) is 4.79 Å². The zero-order chi connectivity index (χ0) is 24.6. The number of aryl methyl sites for hydroxylation is 1. The van der Waals surface area contributed by atoms with E-state index in [-0.39, 0.29) is 5.91 Å². The van der Waals surface area contributed by atoms with Gasteiger partial charge in [0.1, 0.15) is 11.5 Å². The lowest BCUT2D eigenvalue weighted by molar-refractivity contribution is 0.0955. The zero-order valence-corrected chi connectivity index (χ0v) is 20.2. The van der Waals surface area contributed by atoms with E-state index < -0.39 is 0 Å². The summed E-state index contributed by atoms with van der Waals surface area (Å²) in [5.41, 5.74) is 8.21. The minimum atomic E-state index is -0.288. The summed E-state index contributed by atoms with van der Waals surface area (Å²) in [6, 6.07) is 27.5. The molecule has 0 saturated carbocycles. The molecular weight excluding hydrogens is 438 g/mol. The first-order valence-corrected chi connectivity index (χ1v) is 11.7. The van der Waals surface area contributed by atoms with Crippen molar-refractivity contribution in [3.63, 3.8) is 0 Å². The van der Waals surface area contributed by atoms with E-state index in [0.717, 1.165) is 34.0 Å². The van der Waals surface area contributed by atoms with Crippen LogP contribution in [-0.4, -0.2) is 29.9 Å². The van der Waals surface area contributed by atoms with Gasteiger partial charge >= 0.3 is 0 Å². The maximum Gasteiger partial charge on any atom is 0.271 e. The average molecular weight is 468 g/mol. The van der Waals surface area contributed by atoms with Crippen LogP contribution in [0.5, 0.6) is 11.5 Å². The molecule has 0 unspecified atom stereocenters. The van der Waals surface area contributed by atoms with Gasteiger partial charge in [0.05, 0.1) is 25.1 Å². The van der Waals surface area contributed by atoms with Crippen LogP contribution in [0.25, 0.3) is 16.9 Å². The number of aromatic nitrogens is 1. The number of ether oxygens (including phenoxy) is 2. The predicted octanol–water partition coefficient (Wildman–Crippen LogP) is 6.01. The maximum absolute atomic E-state index is 12.7. The molecule has 0 aliphatic heterocycles. The number of hydrogen-bond acceptors (Lipinski definition) is 4. The first-order chi connectivity index (χ1) is 17.1. The Morgan fingerprint density at radius 3 is 2.37 bits per heavy atom. The van der Waals surface area contributed by atoms with Crippen molar-refractivity contribution in [2.75, 3.05) is 13.2 Å². The Labute approximate surface area is 205 Å². The van der Waals surface area contributed by atoms with Crippen molar-refractivity contribution in [2.24, 2.45) is 5.10 Å². The Kier molecular flexibility index (Phi) is 7.63. The molecule has 4 rings (SSSR count). The molecule has 1 aromatic heterocycles. The van der Waals surface area contributed by atoms with Gasteiger partial charge in [0, 0.05) is 28.6 Å². The Morgan fingerprint density at radius 1 is 0.914 bits per heavy atom. The highest BCUT2D eigenvalue weighted by Crippen LogP contribution is 2.27. The molecule has 0 bridgehead atoms. The maximum atomic E-state index is 12.7. The standard InChI is InChI=1S/C29H29N3O3/c1-4-34-26-17-14-24(28(19-26)35-5-2)20-30-31-29(33)23-12-15-25(16-13-23)32-21(3)11-18-27(32)22-9-7-6-8-10-22/h6-20H,4-5H2,1-3H3,(H,31,33)/b30-20+. The summed E-state index contributed by atoms with van der Waals surface area (Å²) in [6.45, 7) is 7.00. The number of carbonyl (C=O) groups excluding carboxylic acids is 1. The third kappa shape index (κ3) is 5.61. The molecule has 1 heterocycles. The molecule has 0 spiro atoms. The average Bonchev–Trinajstić information content (AvgIpc) is 3.27. The third-order valence-corrected chi connectivity index (χ3v) is 5.50. The summed E-state index contributed by atoms with van der Waals surface area (Å²) in [7, 11) is 0. The number of nitrogens with one attached hydrogen (secondary N) is 1. The molecule has 1 amide bonds. The second-order valence-electron chi connectivity index (χ2n) is 7.87. The van der Waals surface area contributed by atoms with Crippen LogP contribution in [0, 0.1) is 6.92 Å². The number of carbonyl (C=O) groups is 1. The van der Waals surface area contributed by atoms with Gasteiger partial charge in [-0.2, -0.15) is 5.10 Å². The van der Waals surface area contributed by atoms with E-state index in [1.54, 1.807) is 18.3 Å². The fourth-order valence-corrected chi connectivity index (χ4v) is 3.86. The molecule has 6 nitrogen and oxygen atoms in total. The van der Waals surface area contributed by atoms with Gasteiger partial charge in [-0.3, -0.25) is 4.79 Å². The molecule has 0 radical (unpaired) electrons. The fraction of sp³-hybridized carbons (Fsp3) is 0.172. The lowest BCUT2D eigenvalue weighted by Crippen LogP contribution is -2.17. The quantitative estimate of drug-likeness (QED) is 0.242. The molecule has 0 aliphatic rings. The Balaban J connectivity index is 1.47. The third-order valence-electron chi connectivity index (χ3n) is 5.50. The summed E-state index contributed by atoms with van der Waals surface area (Å²) in [5, 5.41) is 4.13. The van der Waals surface area contributed by atoms with Crippen molar-refractivity contribution in [2.45, 2.75) is 20.8 Å². The van der Waals surface area contributed by atoms with E-state index in [0.29, 0.717) is 24.5 Å². The van der Waals surface area contributed by atoms with E-state index in [1.807, 2.05) is 62.4 Å². The van der Waals surface area contributed by atoms with Crippen LogP contribution in [-0.2, 0) is 0 Å². The number of nitrogens with zero attached hydrogens (tertiary/aromatic N) is 2. The highest BCUT2D eigenvalue weighted by molar-refractivity contribution is 5.95. The van der Waals surface area contributed by atoms with Crippen LogP contribution in [0.4, 0.5) is 0 Å². The highest BCUT2D eigenvalue weighted by Gasteiger charge is 2.11. The monoisotopic (exact) mass is 467 g/mol. The Hall–Kier alpha value is -4.32. The number of hydrazone groups is 1. The van der Waals surface area contributed by atoms with Gasteiger partial charge < -0.3 is 14.0 Å². The van der Waals surface area contributed by atoms with E-state index >= 15 is 0 Å². The Bertz CT molecular complexity index is 1310. The van der Waals surface area contributed by atoms with Gasteiger partial charge in [0.2, 0.25) is 0 Å². The second-order valence-corrected chi connectivity index (χ2v) is 7.87. The van der Waals surface area contributed by atoms with Crippen LogP contribution in [0.2, 0.25) is 0 Å². The zero-order valence-electron chi connectivity index (χ0n) is 20.2. The lowest BCUT2D eigenvalue weighted by atomic mass is 10.1. The number of benzene rings is 3. The van der Waals surface area contributed by atoms with Crippen LogP contribution in [0.1, 0.15) is 35.5 Å². The Morgan fingerprint density at radius 2 is 1.66 bits per heavy atom. The van der Waals surface area contributed by atoms with Gasteiger partial charge in [-0.15, -0.1) is 0 Å². The van der Waals surface area contributed by atoms with Gasteiger partial charge in [0.15, 0.2) is 0 Å². The minimum Gasteiger partial charge on any atom is -0.494 e. The summed E-state index contributed by atoms with van der Waals surface area (Å²) >= 11 is 0. The van der Waals surface area contributed by atoms with Crippen molar-refractivity contribution in [1.29, 1.82) is 0 Å². The van der Waals surface area contributed by atoms with E-state index in [2.05, 4.69) is 46.3 Å². The normalized spacial score (nSPS) is 10.9. The van der Waals surface area contributed by atoms with Crippen molar-refractivity contribution >= 4 is 12.1 Å². The molecule has 4 aromatic rings. The van der Waals surface area contributed by atoms with Gasteiger partial charge in [0.25, 0.3) is 5.91 Å². The molecule has 6 heteroatoms. The summed E-state index contributed by atoms with van der Waals surface area (Å²) in [4.78, 5) is 12.7. The largest absolute Gasteiger partial charge is 0.494 e. The van der Waals surface area contributed by atoms with Crippen molar-refractivity contribution < 1.29 is 14.3 Å². The topological polar surface area (TPSA) is 64.8 Å². The minimum absolute atomic E-state index is 0.288. The first-order valence-electron chi connectivity index (χ1n) is 11.7. The highest BCUT2D eigenvalue weighted by atomic mass is 16.5. The van der Waals surface area contributed by atoms with E-state index in [4.69, 9.17) is 9.47 Å². The molecule has 35 heavy (non-hydrogen) atoms. The van der Waals surface area contributed by atoms with E-state index in [1.165, 1.54) is 0 Å². The van der Waals surface area contributed by atoms with Gasteiger partial charge in [-0.1, -0.05) is 30.3 Å². The van der Waals surface area contributed by atoms with Crippen LogP contribution < -0.4 is 14.9 Å². The van der Waals surface area contributed by atoms with Crippen LogP contribution in [0.3, 0.4) is 0 Å². The second kappa shape index (κ2) is 11.2. The summed E-state index contributed by atoms with van der Waals surface area (Å²) in [6.07, 6.45) is 1.57. The molecule has 0 fully saturated rings. The van der Waals surface area contributed by atoms with Gasteiger partial charge in [-0.05, 0) is 74.9 Å². The number of amides is 1. The molecule has 178 valence electrons.